The molecule has 0 fully saturated rings. The van der Waals surface area contributed by atoms with Gasteiger partial charge in [-0.05, 0) is 42.0 Å². The zero-order chi connectivity index (χ0) is 11.4. The molecule has 0 aliphatic rings. The van der Waals surface area contributed by atoms with Gasteiger partial charge in [-0.25, -0.2) is 4.39 Å². The van der Waals surface area contributed by atoms with Crippen LogP contribution in [0, 0.1) is 5.82 Å². The number of ether oxygens (including phenoxy) is 1. The van der Waals surface area contributed by atoms with Crippen LogP contribution in [0.1, 0.15) is 5.56 Å². The average molecular weight is 217 g/mol. The maximum absolute atomic E-state index is 12.6. The van der Waals surface area contributed by atoms with Gasteiger partial charge in [0.2, 0.25) is 0 Å². The van der Waals surface area contributed by atoms with Crippen molar-refractivity contribution in [3.05, 3.63) is 59.9 Å². The third kappa shape index (κ3) is 2.73. The van der Waals surface area contributed by atoms with Crippen LogP contribution in [0.3, 0.4) is 0 Å². The van der Waals surface area contributed by atoms with Crippen LogP contribution in [0.25, 0.3) is 0 Å². The van der Waals surface area contributed by atoms with Crippen molar-refractivity contribution in [2.75, 3.05) is 0 Å². The molecule has 0 spiro atoms. The lowest BCUT2D eigenvalue weighted by Crippen LogP contribution is -1.94. The van der Waals surface area contributed by atoms with Gasteiger partial charge in [-0.3, -0.25) is 5.11 Å². The SMILES string of the molecule is [O]c1ccc(OCc2ccc(F)cc2)cc1. The fourth-order valence-corrected chi connectivity index (χ4v) is 1.28. The van der Waals surface area contributed by atoms with Gasteiger partial charge >= 0.3 is 0 Å². The summed E-state index contributed by atoms with van der Waals surface area (Å²) in [5, 5.41) is 10.8. The van der Waals surface area contributed by atoms with Crippen LogP contribution >= 0.6 is 0 Å². The monoisotopic (exact) mass is 217 g/mol. The Balaban J connectivity index is 1.97. The quantitative estimate of drug-likeness (QED) is 0.772. The molecule has 0 aromatic heterocycles. The Morgan fingerprint density at radius 2 is 1.56 bits per heavy atom. The topological polar surface area (TPSA) is 29.1 Å². The van der Waals surface area contributed by atoms with E-state index in [1.54, 1.807) is 24.3 Å². The summed E-state index contributed by atoms with van der Waals surface area (Å²) in [6.07, 6.45) is 0. The number of halogens is 1. The second-order valence-electron chi connectivity index (χ2n) is 3.39. The number of hydrogen-bond donors (Lipinski definition) is 0. The summed E-state index contributed by atoms with van der Waals surface area (Å²) in [5.41, 5.74) is 0.882. The lowest BCUT2D eigenvalue weighted by Gasteiger charge is -2.05. The fraction of sp³-hybridized carbons (Fsp3) is 0.0769. The summed E-state index contributed by atoms with van der Waals surface area (Å²) in [6, 6.07) is 12.2. The minimum Gasteiger partial charge on any atom is -0.489 e. The van der Waals surface area contributed by atoms with E-state index in [9.17, 15) is 9.50 Å². The van der Waals surface area contributed by atoms with Gasteiger partial charge in [0.15, 0.2) is 5.75 Å². The summed E-state index contributed by atoms with van der Waals surface area (Å²) in [7, 11) is 0. The van der Waals surface area contributed by atoms with E-state index in [1.807, 2.05) is 0 Å². The van der Waals surface area contributed by atoms with E-state index in [4.69, 9.17) is 4.74 Å². The highest BCUT2D eigenvalue weighted by molar-refractivity contribution is 5.30. The minimum absolute atomic E-state index is 0.0471. The van der Waals surface area contributed by atoms with E-state index in [0.29, 0.717) is 12.4 Å². The van der Waals surface area contributed by atoms with Crippen molar-refractivity contribution in [3.8, 4) is 11.5 Å². The summed E-state index contributed by atoms with van der Waals surface area (Å²) in [5.74, 6) is 0.317. The second kappa shape index (κ2) is 4.66. The molecule has 81 valence electrons. The van der Waals surface area contributed by atoms with Crippen molar-refractivity contribution < 1.29 is 14.2 Å². The fourth-order valence-electron chi connectivity index (χ4n) is 1.28. The molecule has 2 nitrogen and oxygen atoms in total. The molecule has 2 aromatic rings. The molecular weight excluding hydrogens is 207 g/mol. The molecule has 16 heavy (non-hydrogen) atoms. The number of hydrogen-bond acceptors (Lipinski definition) is 1. The molecule has 0 unspecified atom stereocenters. The molecule has 0 saturated heterocycles. The molecule has 2 rings (SSSR count). The standard InChI is InChI=1S/C13H10FO2/c14-11-3-1-10(2-4-11)9-16-13-7-5-12(15)6-8-13/h1-8H,9H2. The van der Waals surface area contributed by atoms with Gasteiger partial charge in [-0.1, -0.05) is 12.1 Å². The zero-order valence-electron chi connectivity index (χ0n) is 8.52. The second-order valence-corrected chi connectivity index (χ2v) is 3.39. The van der Waals surface area contributed by atoms with Gasteiger partial charge < -0.3 is 4.74 Å². The highest BCUT2D eigenvalue weighted by Crippen LogP contribution is 2.17. The van der Waals surface area contributed by atoms with Crippen LogP contribution in [0.2, 0.25) is 0 Å². The van der Waals surface area contributed by atoms with Crippen molar-refractivity contribution in [1.29, 1.82) is 0 Å². The summed E-state index contributed by atoms with van der Waals surface area (Å²) in [6.45, 7) is 0.360. The molecule has 0 heterocycles. The summed E-state index contributed by atoms with van der Waals surface area (Å²) >= 11 is 0. The maximum Gasteiger partial charge on any atom is 0.178 e. The average Bonchev–Trinajstić information content (AvgIpc) is 2.30. The smallest absolute Gasteiger partial charge is 0.178 e. The maximum atomic E-state index is 12.6. The molecule has 0 N–H and O–H groups in total. The van der Waals surface area contributed by atoms with Gasteiger partial charge in [0.1, 0.15) is 18.2 Å². The minimum atomic E-state index is -0.264. The van der Waals surface area contributed by atoms with Gasteiger partial charge in [0.25, 0.3) is 0 Å². The van der Waals surface area contributed by atoms with Crippen molar-refractivity contribution >= 4 is 0 Å². The van der Waals surface area contributed by atoms with E-state index in [-0.39, 0.29) is 11.6 Å². The van der Waals surface area contributed by atoms with Crippen LogP contribution in [0.15, 0.2) is 48.5 Å². The zero-order valence-corrected chi connectivity index (χ0v) is 8.52. The molecule has 0 saturated carbocycles. The molecule has 2 aromatic carbocycles. The number of benzene rings is 2. The van der Waals surface area contributed by atoms with Crippen LogP contribution < -0.4 is 4.74 Å². The van der Waals surface area contributed by atoms with E-state index in [0.717, 1.165) is 5.56 Å². The Labute approximate surface area is 92.9 Å². The Morgan fingerprint density at radius 1 is 0.938 bits per heavy atom. The predicted octanol–water partition coefficient (Wildman–Crippen LogP) is 3.55. The first-order chi connectivity index (χ1) is 7.74. The molecule has 1 radical (unpaired) electrons. The van der Waals surface area contributed by atoms with Crippen LogP contribution in [0.4, 0.5) is 4.39 Å². The Hall–Kier alpha value is -2.03. The van der Waals surface area contributed by atoms with E-state index in [2.05, 4.69) is 0 Å². The first-order valence-corrected chi connectivity index (χ1v) is 4.88. The van der Waals surface area contributed by atoms with Crippen molar-refractivity contribution in [1.82, 2.24) is 0 Å². The lowest BCUT2D eigenvalue weighted by molar-refractivity contribution is 0.304. The van der Waals surface area contributed by atoms with E-state index >= 15 is 0 Å². The van der Waals surface area contributed by atoms with Crippen LogP contribution in [0.5, 0.6) is 11.5 Å². The third-order valence-electron chi connectivity index (χ3n) is 2.14. The Kier molecular flexibility index (Phi) is 3.05. The first kappa shape index (κ1) is 10.5. The van der Waals surface area contributed by atoms with Crippen molar-refractivity contribution in [2.45, 2.75) is 6.61 Å². The lowest BCUT2D eigenvalue weighted by atomic mass is 10.2. The molecule has 0 aliphatic heterocycles. The molecule has 0 aliphatic carbocycles. The highest BCUT2D eigenvalue weighted by Gasteiger charge is 1.97. The molecule has 0 atom stereocenters. The third-order valence-corrected chi connectivity index (χ3v) is 2.14. The van der Waals surface area contributed by atoms with Gasteiger partial charge in [-0.2, -0.15) is 0 Å². The van der Waals surface area contributed by atoms with Gasteiger partial charge in [-0.15, -0.1) is 0 Å². The Morgan fingerprint density at radius 3 is 2.19 bits per heavy atom. The van der Waals surface area contributed by atoms with Crippen LogP contribution in [-0.2, 0) is 11.7 Å². The number of rotatable bonds is 3. The highest BCUT2D eigenvalue weighted by atomic mass is 19.1. The van der Waals surface area contributed by atoms with E-state index < -0.39 is 0 Å². The van der Waals surface area contributed by atoms with Crippen LogP contribution in [-0.4, -0.2) is 0 Å². The van der Waals surface area contributed by atoms with E-state index in [1.165, 1.54) is 24.3 Å². The molecule has 0 bridgehead atoms. The van der Waals surface area contributed by atoms with Crippen molar-refractivity contribution in [3.63, 3.8) is 0 Å². The summed E-state index contributed by atoms with van der Waals surface area (Å²) in [4.78, 5) is 0. The predicted molar refractivity (Wildman–Crippen MR) is 57.3 cm³/mol. The molecule has 3 heteroatoms. The first-order valence-electron chi connectivity index (χ1n) is 4.88. The summed E-state index contributed by atoms with van der Waals surface area (Å²) < 4.78 is 18.0. The molecular formula is C13H10FO2. The van der Waals surface area contributed by atoms with Crippen molar-refractivity contribution in [2.24, 2.45) is 0 Å². The largest absolute Gasteiger partial charge is 0.489 e. The van der Waals surface area contributed by atoms with Gasteiger partial charge in [0.05, 0.1) is 0 Å². The van der Waals surface area contributed by atoms with Gasteiger partial charge in [0, 0.05) is 0 Å². The Bertz CT molecular complexity index is 403. The molecule has 0 amide bonds. The normalized spacial score (nSPS) is 10.1.